The first-order valence-electron chi connectivity index (χ1n) is 9.19. The van der Waals surface area contributed by atoms with Crippen molar-refractivity contribution in [1.82, 2.24) is 5.01 Å². The van der Waals surface area contributed by atoms with E-state index in [2.05, 4.69) is 20.5 Å². The first kappa shape index (κ1) is 22.7. The smallest absolute Gasteiger partial charge is 0.406 e. The predicted molar refractivity (Wildman–Crippen MR) is 105 cm³/mol. The third-order valence-electron chi connectivity index (χ3n) is 4.13. The number of hydrazone groups is 1. The van der Waals surface area contributed by atoms with Crippen LogP contribution in [0.1, 0.15) is 12.8 Å². The van der Waals surface area contributed by atoms with Gasteiger partial charge >= 0.3 is 6.36 Å². The summed E-state index contributed by atoms with van der Waals surface area (Å²) in [4.78, 5) is 36.6. The number of carbonyl (C=O) groups excluding carboxylic acids is 3. The second-order valence-corrected chi connectivity index (χ2v) is 6.58. The molecule has 0 bridgehead atoms. The first-order valence-corrected chi connectivity index (χ1v) is 9.19. The summed E-state index contributed by atoms with van der Waals surface area (Å²) in [5.74, 6) is -2.68. The molecule has 1 aliphatic rings. The van der Waals surface area contributed by atoms with Gasteiger partial charge in [-0.25, -0.2) is 9.40 Å². The zero-order chi connectivity index (χ0) is 23.3. The van der Waals surface area contributed by atoms with Crippen molar-refractivity contribution in [2.45, 2.75) is 19.2 Å². The van der Waals surface area contributed by atoms with Gasteiger partial charge in [-0.1, -0.05) is 0 Å². The standard InChI is InChI=1S/C20H16F4N4O4/c21-12-1-3-14(4-2-12)26-19(31)16-9-10-18(30)28(27-16)11-17(29)25-13-5-7-15(8-6-13)32-20(22,23)24/h1-8H,9-11H2,(H,25,29)(H,26,31). The number of alkyl halides is 3. The van der Waals surface area contributed by atoms with Gasteiger partial charge in [0.2, 0.25) is 11.8 Å². The maximum Gasteiger partial charge on any atom is 0.573 e. The minimum absolute atomic E-state index is 0.00961. The number of anilines is 2. The molecule has 2 aromatic carbocycles. The minimum Gasteiger partial charge on any atom is -0.406 e. The lowest BCUT2D eigenvalue weighted by atomic mass is 10.1. The number of amides is 3. The zero-order valence-corrected chi connectivity index (χ0v) is 16.3. The summed E-state index contributed by atoms with van der Waals surface area (Å²) in [6.07, 6.45) is -4.82. The maximum atomic E-state index is 13.0. The van der Waals surface area contributed by atoms with Crippen LogP contribution in [0, 0.1) is 5.82 Å². The van der Waals surface area contributed by atoms with E-state index in [1.807, 2.05) is 0 Å². The molecule has 168 valence electrons. The highest BCUT2D eigenvalue weighted by Gasteiger charge is 2.31. The fraction of sp³-hybridized carbons (Fsp3) is 0.200. The number of hydrogen-bond donors (Lipinski definition) is 2. The van der Waals surface area contributed by atoms with Crippen LogP contribution in [0.2, 0.25) is 0 Å². The van der Waals surface area contributed by atoms with Crippen molar-refractivity contribution in [1.29, 1.82) is 0 Å². The number of carbonyl (C=O) groups is 3. The SMILES string of the molecule is O=C(CN1N=C(C(=O)Nc2ccc(F)cc2)CCC1=O)Nc1ccc(OC(F)(F)F)cc1. The highest BCUT2D eigenvalue weighted by Crippen LogP contribution is 2.24. The van der Waals surface area contributed by atoms with Crippen LogP contribution in [0.15, 0.2) is 53.6 Å². The molecule has 2 aromatic rings. The van der Waals surface area contributed by atoms with Crippen LogP contribution in [0.5, 0.6) is 5.75 Å². The van der Waals surface area contributed by atoms with E-state index in [-0.39, 0.29) is 24.2 Å². The molecule has 1 heterocycles. The largest absolute Gasteiger partial charge is 0.573 e. The van der Waals surface area contributed by atoms with Crippen LogP contribution in [0.4, 0.5) is 28.9 Å². The normalized spacial score (nSPS) is 13.9. The van der Waals surface area contributed by atoms with Crippen molar-refractivity contribution in [3.8, 4) is 5.75 Å². The molecule has 32 heavy (non-hydrogen) atoms. The molecule has 8 nitrogen and oxygen atoms in total. The number of benzene rings is 2. The Bertz CT molecular complexity index is 1040. The highest BCUT2D eigenvalue weighted by atomic mass is 19.4. The van der Waals surface area contributed by atoms with E-state index in [4.69, 9.17) is 0 Å². The molecule has 3 rings (SSSR count). The third-order valence-corrected chi connectivity index (χ3v) is 4.13. The van der Waals surface area contributed by atoms with E-state index in [1.165, 1.54) is 36.4 Å². The van der Waals surface area contributed by atoms with E-state index in [0.29, 0.717) is 5.69 Å². The van der Waals surface area contributed by atoms with Gasteiger partial charge < -0.3 is 15.4 Å². The maximum absolute atomic E-state index is 13.0. The Morgan fingerprint density at radius 1 is 0.969 bits per heavy atom. The Labute approximate surface area is 178 Å². The molecule has 2 N–H and O–H groups in total. The van der Waals surface area contributed by atoms with Gasteiger partial charge in [0.05, 0.1) is 0 Å². The Morgan fingerprint density at radius 3 is 2.19 bits per heavy atom. The van der Waals surface area contributed by atoms with Crippen molar-refractivity contribution in [3.05, 3.63) is 54.3 Å². The number of nitrogens with zero attached hydrogens (tertiary/aromatic N) is 2. The molecule has 1 aliphatic heterocycles. The van der Waals surface area contributed by atoms with E-state index < -0.39 is 42.2 Å². The molecule has 0 aliphatic carbocycles. The lowest BCUT2D eigenvalue weighted by Crippen LogP contribution is -2.40. The molecule has 0 radical (unpaired) electrons. The molecule has 0 spiro atoms. The van der Waals surface area contributed by atoms with Crippen LogP contribution in [-0.2, 0) is 14.4 Å². The number of ether oxygens (including phenoxy) is 1. The quantitative estimate of drug-likeness (QED) is 0.657. The van der Waals surface area contributed by atoms with Crippen molar-refractivity contribution in [3.63, 3.8) is 0 Å². The average Bonchev–Trinajstić information content (AvgIpc) is 2.71. The average molecular weight is 452 g/mol. The molecule has 0 unspecified atom stereocenters. The molecule has 0 fully saturated rings. The Balaban J connectivity index is 1.60. The van der Waals surface area contributed by atoms with E-state index in [9.17, 15) is 31.9 Å². The summed E-state index contributed by atoms with van der Waals surface area (Å²) in [6, 6.07) is 9.48. The monoisotopic (exact) mass is 452 g/mol. The summed E-state index contributed by atoms with van der Waals surface area (Å²) in [5, 5.41) is 9.69. The molecule has 0 aromatic heterocycles. The van der Waals surface area contributed by atoms with Crippen molar-refractivity contribution in [2.24, 2.45) is 5.10 Å². The predicted octanol–water partition coefficient (Wildman–Crippen LogP) is 3.28. The summed E-state index contributed by atoms with van der Waals surface area (Å²) >= 11 is 0. The van der Waals surface area contributed by atoms with Crippen LogP contribution in [0.25, 0.3) is 0 Å². The third kappa shape index (κ3) is 6.52. The molecule has 0 saturated carbocycles. The van der Waals surface area contributed by atoms with Crippen molar-refractivity contribution in [2.75, 3.05) is 17.2 Å². The Kier molecular flexibility index (Phi) is 6.71. The summed E-state index contributed by atoms with van der Waals surface area (Å²) in [5.41, 5.74) is 0.515. The van der Waals surface area contributed by atoms with Crippen LogP contribution in [-0.4, -0.2) is 41.3 Å². The summed E-state index contributed by atoms with van der Waals surface area (Å²) in [6.45, 7) is -0.507. The molecule has 0 atom stereocenters. The van der Waals surface area contributed by atoms with Gasteiger partial charge in [0, 0.05) is 24.2 Å². The lowest BCUT2D eigenvalue weighted by molar-refractivity contribution is -0.274. The Hall–Kier alpha value is -3.96. The highest BCUT2D eigenvalue weighted by molar-refractivity contribution is 6.43. The van der Waals surface area contributed by atoms with E-state index in [1.54, 1.807) is 0 Å². The van der Waals surface area contributed by atoms with E-state index in [0.717, 1.165) is 17.1 Å². The number of hydrogen-bond acceptors (Lipinski definition) is 5. The van der Waals surface area contributed by atoms with Gasteiger partial charge in [0.15, 0.2) is 0 Å². The Morgan fingerprint density at radius 2 is 1.56 bits per heavy atom. The van der Waals surface area contributed by atoms with Gasteiger partial charge in [0.25, 0.3) is 5.91 Å². The summed E-state index contributed by atoms with van der Waals surface area (Å²) < 4.78 is 53.3. The van der Waals surface area contributed by atoms with Crippen LogP contribution in [0.3, 0.4) is 0 Å². The van der Waals surface area contributed by atoms with Gasteiger partial charge in [-0.3, -0.25) is 14.4 Å². The minimum atomic E-state index is -4.84. The van der Waals surface area contributed by atoms with E-state index >= 15 is 0 Å². The molecular formula is C20H16F4N4O4. The molecule has 12 heteroatoms. The van der Waals surface area contributed by atoms with Gasteiger partial charge in [-0.2, -0.15) is 5.10 Å². The van der Waals surface area contributed by atoms with Crippen LogP contribution >= 0.6 is 0 Å². The molecule has 0 saturated heterocycles. The molecule has 3 amide bonds. The van der Waals surface area contributed by atoms with Crippen LogP contribution < -0.4 is 15.4 Å². The second kappa shape index (κ2) is 9.45. The van der Waals surface area contributed by atoms with Gasteiger partial charge in [-0.05, 0) is 48.5 Å². The lowest BCUT2D eigenvalue weighted by Gasteiger charge is -2.22. The number of rotatable bonds is 6. The molecular weight excluding hydrogens is 436 g/mol. The second-order valence-electron chi connectivity index (χ2n) is 6.58. The topological polar surface area (TPSA) is 100 Å². The fourth-order valence-corrected chi connectivity index (χ4v) is 2.70. The van der Waals surface area contributed by atoms with Crippen molar-refractivity contribution >= 4 is 34.8 Å². The zero-order valence-electron chi connectivity index (χ0n) is 16.3. The van der Waals surface area contributed by atoms with Gasteiger partial charge in [-0.15, -0.1) is 13.2 Å². The summed E-state index contributed by atoms with van der Waals surface area (Å²) in [7, 11) is 0. The fourth-order valence-electron chi connectivity index (χ4n) is 2.70. The van der Waals surface area contributed by atoms with Gasteiger partial charge in [0.1, 0.15) is 23.8 Å². The number of nitrogens with one attached hydrogen (secondary N) is 2. The first-order chi connectivity index (χ1) is 15.1. The van der Waals surface area contributed by atoms with Crippen molar-refractivity contribution < 1.29 is 36.7 Å². The number of halogens is 4.